The van der Waals surface area contributed by atoms with Crippen LogP contribution in [0.4, 0.5) is 0 Å². The van der Waals surface area contributed by atoms with E-state index in [1.54, 1.807) is 7.11 Å². The van der Waals surface area contributed by atoms with Crippen LogP contribution in [0.1, 0.15) is 48.9 Å². The Morgan fingerprint density at radius 2 is 2.04 bits per heavy atom. The van der Waals surface area contributed by atoms with Gasteiger partial charge in [-0.15, -0.1) is 0 Å². The smallest absolute Gasteiger partial charge is 0.231 e. The molecule has 1 saturated carbocycles. The standard InChI is InChI=1S/C20H27N3O2/c1-24-14-18-21-19(25-22-18)17-13-23(15-20(17)10-5-6-11-20)12-9-16-7-3-2-4-8-16/h2-4,7-8,17H,5-6,9-15H2,1H3/t17-/m1/s1. The Kier molecular flexibility index (Phi) is 4.86. The third-order valence-electron chi connectivity index (χ3n) is 5.93. The molecule has 134 valence electrons. The van der Waals surface area contributed by atoms with Crippen LogP contribution in [0, 0.1) is 5.41 Å². The topological polar surface area (TPSA) is 51.4 Å². The first-order valence-electron chi connectivity index (χ1n) is 9.37. The molecule has 0 amide bonds. The van der Waals surface area contributed by atoms with Crippen LogP contribution in [0.25, 0.3) is 0 Å². The van der Waals surface area contributed by atoms with Gasteiger partial charge in [0.2, 0.25) is 5.89 Å². The molecule has 0 N–H and O–H groups in total. The van der Waals surface area contributed by atoms with Gasteiger partial charge in [-0.25, -0.2) is 0 Å². The highest BCUT2D eigenvalue weighted by Gasteiger charge is 2.50. The molecule has 5 heteroatoms. The van der Waals surface area contributed by atoms with Crippen molar-refractivity contribution in [2.45, 2.75) is 44.6 Å². The van der Waals surface area contributed by atoms with Gasteiger partial charge in [0.05, 0.1) is 5.92 Å². The maximum Gasteiger partial charge on any atom is 0.231 e. The highest BCUT2D eigenvalue weighted by atomic mass is 16.5. The Bertz CT molecular complexity index is 679. The van der Waals surface area contributed by atoms with Crippen molar-refractivity contribution in [2.75, 3.05) is 26.7 Å². The second-order valence-corrected chi connectivity index (χ2v) is 7.57. The van der Waals surface area contributed by atoms with Crippen molar-refractivity contribution in [1.29, 1.82) is 0 Å². The lowest BCUT2D eigenvalue weighted by atomic mass is 9.76. The number of hydrogen-bond acceptors (Lipinski definition) is 5. The van der Waals surface area contributed by atoms with E-state index in [0.717, 1.165) is 31.9 Å². The molecule has 1 aromatic heterocycles. The monoisotopic (exact) mass is 341 g/mol. The zero-order valence-corrected chi connectivity index (χ0v) is 15.0. The summed E-state index contributed by atoms with van der Waals surface area (Å²) >= 11 is 0. The summed E-state index contributed by atoms with van der Waals surface area (Å²) in [4.78, 5) is 7.22. The van der Waals surface area contributed by atoms with Crippen molar-refractivity contribution in [3.8, 4) is 0 Å². The lowest BCUT2D eigenvalue weighted by Gasteiger charge is -2.27. The van der Waals surface area contributed by atoms with Crippen LogP contribution in [0.15, 0.2) is 34.9 Å². The van der Waals surface area contributed by atoms with E-state index in [1.807, 2.05) is 0 Å². The van der Waals surface area contributed by atoms with Crippen molar-refractivity contribution in [3.63, 3.8) is 0 Å². The number of likely N-dealkylation sites (tertiary alicyclic amines) is 1. The van der Waals surface area contributed by atoms with Crippen molar-refractivity contribution >= 4 is 0 Å². The number of nitrogens with zero attached hydrogens (tertiary/aromatic N) is 3. The molecule has 1 aliphatic carbocycles. The molecule has 2 heterocycles. The summed E-state index contributed by atoms with van der Waals surface area (Å²) in [5.74, 6) is 1.84. The van der Waals surface area contributed by atoms with Crippen LogP contribution >= 0.6 is 0 Å². The maximum absolute atomic E-state index is 5.63. The minimum absolute atomic E-state index is 0.327. The first-order chi connectivity index (χ1) is 12.3. The third-order valence-corrected chi connectivity index (χ3v) is 5.93. The largest absolute Gasteiger partial charge is 0.377 e. The maximum atomic E-state index is 5.63. The fourth-order valence-electron chi connectivity index (χ4n) is 4.70. The molecule has 4 rings (SSSR count). The van der Waals surface area contributed by atoms with E-state index in [-0.39, 0.29) is 0 Å². The highest BCUT2D eigenvalue weighted by Crippen LogP contribution is 2.53. The number of methoxy groups -OCH3 is 1. The van der Waals surface area contributed by atoms with E-state index in [4.69, 9.17) is 9.26 Å². The first-order valence-corrected chi connectivity index (χ1v) is 9.37. The molecule has 0 unspecified atom stereocenters. The Morgan fingerprint density at radius 3 is 2.80 bits per heavy atom. The lowest BCUT2D eigenvalue weighted by molar-refractivity contribution is 0.174. The molecule has 0 bridgehead atoms. The number of aromatic nitrogens is 2. The second kappa shape index (κ2) is 7.26. The molecule has 2 fully saturated rings. The predicted molar refractivity (Wildman–Crippen MR) is 95.2 cm³/mol. The van der Waals surface area contributed by atoms with E-state index in [0.29, 0.717) is 23.8 Å². The van der Waals surface area contributed by atoms with E-state index >= 15 is 0 Å². The minimum Gasteiger partial charge on any atom is -0.377 e. The van der Waals surface area contributed by atoms with Gasteiger partial charge in [0, 0.05) is 26.7 Å². The predicted octanol–water partition coefficient (Wildman–Crippen LogP) is 3.42. The molecule has 1 spiro atoms. The molecule has 1 saturated heterocycles. The summed E-state index contributed by atoms with van der Waals surface area (Å²) in [6.07, 6.45) is 6.30. The van der Waals surface area contributed by atoms with Gasteiger partial charge in [-0.2, -0.15) is 4.98 Å². The summed E-state index contributed by atoms with van der Waals surface area (Å²) in [5.41, 5.74) is 1.74. The van der Waals surface area contributed by atoms with Crippen LogP contribution in [0.2, 0.25) is 0 Å². The molecular formula is C20H27N3O2. The molecule has 0 radical (unpaired) electrons. The zero-order chi connectivity index (χ0) is 17.1. The van der Waals surface area contributed by atoms with Gasteiger partial charge in [0.1, 0.15) is 6.61 Å². The van der Waals surface area contributed by atoms with Crippen molar-refractivity contribution in [1.82, 2.24) is 15.0 Å². The van der Waals surface area contributed by atoms with Gasteiger partial charge < -0.3 is 14.2 Å². The molecule has 1 aromatic carbocycles. The van der Waals surface area contributed by atoms with Crippen LogP contribution in [0.5, 0.6) is 0 Å². The van der Waals surface area contributed by atoms with E-state index < -0.39 is 0 Å². The zero-order valence-electron chi connectivity index (χ0n) is 15.0. The Balaban J connectivity index is 1.47. The van der Waals surface area contributed by atoms with Gasteiger partial charge in [0.15, 0.2) is 5.82 Å². The molecule has 1 aliphatic heterocycles. The summed E-state index contributed by atoms with van der Waals surface area (Å²) in [6.45, 7) is 3.70. The summed E-state index contributed by atoms with van der Waals surface area (Å²) in [7, 11) is 1.66. The summed E-state index contributed by atoms with van der Waals surface area (Å²) in [5, 5.41) is 4.09. The number of ether oxygens (including phenoxy) is 1. The quantitative estimate of drug-likeness (QED) is 0.806. The van der Waals surface area contributed by atoms with Crippen LogP contribution < -0.4 is 0 Å². The highest BCUT2D eigenvalue weighted by molar-refractivity contribution is 5.16. The van der Waals surface area contributed by atoms with E-state index in [2.05, 4.69) is 45.4 Å². The summed E-state index contributed by atoms with van der Waals surface area (Å²) < 4.78 is 10.8. The molecule has 2 aliphatic rings. The third kappa shape index (κ3) is 3.48. The first kappa shape index (κ1) is 16.7. The van der Waals surface area contributed by atoms with E-state index in [9.17, 15) is 0 Å². The van der Waals surface area contributed by atoms with E-state index in [1.165, 1.54) is 31.2 Å². The van der Waals surface area contributed by atoms with Gasteiger partial charge >= 0.3 is 0 Å². The van der Waals surface area contributed by atoms with Crippen molar-refractivity contribution in [2.24, 2.45) is 5.41 Å². The lowest BCUT2D eigenvalue weighted by Crippen LogP contribution is -2.28. The molecular weight excluding hydrogens is 314 g/mol. The Labute approximate surface area is 149 Å². The Hall–Kier alpha value is -1.72. The fourth-order valence-corrected chi connectivity index (χ4v) is 4.70. The minimum atomic E-state index is 0.327. The number of rotatable bonds is 6. The van der Waals surface area contributed by atoms with Crippen molar-refractivity contribution in [3.05, 3.63) is 47.6 Å². The SMILES string of the molecule is COCc1noc([C@H]2CN(CCc3ccccc3)CC23CCCC3)n1. The van der Waals surface area contributed by atoms with Crippen LogP contribution in [0.3, 0.4) is 0 Å². The fraction of sp³-hybridized carbons (Fsp3) is 0.600. The number of benzene rings is 1. The summed E-state index contributed by atoms with van der Waals surface area (Å²) in [6, 6.07) is 10.8. The van der Waals surface area contributed by atoms with Gasteiger partial charge in [-0.1, -0.05) is 48.3 Å². The second-order valence-electron chi connectivity index (χ2n) is 7.57. The van der Waals surface area contributed by atoms with Crippen LogP contribution in [-0.4, -0.2) is 41.8 Å². The average Bonchev–Trinajstić information content (AvgIpc) is 3.36. The molecule has 2 aromatic rings. The van der Waals surface area contributed by atoms with Gasteiger partial charge in [-0.3, -0.25) is 0 Å². The van der Waals surface area contributed by atoms with Gasteiger partial charge in [0.25, 0.3) is 0 Å². The number of hydrogen-bond donors (Lipinski definition) is 0. The van der Waals surface area contributed by atoms with Crippen molar-refractivity contribution < 1.29 is 9.26 Å². The Morgan fingerprint density at radius 1 is 1.24 bits per heavy atom. The average molecular weight is 341 g/mol. The van der Waals surface area contributed by atoms with Crippen LogP contribution in [-0.2, 0) is 17.8 Å². The molecule has 1 atom stereocenters. The van der Waals surface area contributed by atoms with Gasteiger partial charge in [-0.05, 0) is 30.2 Å². The normalized spacial score (nSPS) is 22.8. The molecule has 25 heavy (non-hydrogen) atoms. The molecule has 5 nitrogen and oxygen atoms in total.